The fourth-order valence-corrected chi connectivity index (χ4v) is 11.2. The van der Waals surface area contributed by atoms with Crippen molar-refractivity contribution < 1.29 is 44.8 Å². The third-order valence-corrected chi connectivity index (χ3v) is 14.7. The zero-order chi connectivity index (χ0) is 33.5. The average Bonchev–Trinajstić information content (AvgIpc) is 3.36. The second kappa shape index (κ2) is 11.8. The van der Waals surface area contributed by atoms with Crippen LogP contribution in [0.25, 0.3) is 0 Å². The van der Waals surface area contributed by atoms with Gasteiger partial charge in [0.2, 0.25) is 0 Å². The average molecular weight is 639 g/mol. The van der Waals surface area contributed by atoms with E-state index in [0.29, 0.717) is 18.3 Å². The maximum Gasteiger partial charge on any atom is 0.186 e. The van der Waals surface area contributed by atoms with Crippen molar-refractivity contribution in [2.24, 2.45) is 45.3 Å². The number of hydrogen-bond acceptors (Lipinski definition) is 9. The van der Waals surface area contributed by atoms with Gasteiger partial charge in [-0.2, -0.15) is 0 Å². The summed E-state index contributed by atoms with van der Waals surface area (Å²) in [5, 5.41) is 63.2. The molecule has 2 heterocycles. The molecule has 3 saturated carbocycles. The van der Waals surface area contributed by atoms with Crippen LogP contribution in [0.2, 0.25) is 0 Å². The molecule has 1 spiro atoms. The zero-order valence-electron chi connectivity index (χ0n) is 29.1. The third-order valence-electron chi connectivity index (χ3n) is 14.7. The van der Waals surface area contributed by atoms with E-state index in [9.17, 15) is 30.6 Å². The number of aliphatic hydroxyl groups excluding tert-OH is 5. The first-order valence-electron chi connectivity index (χ1n) is 17.4. The fraction of sp³-hybridized carbons (Fsp3) is 0.944. The second-order valence-electron chi connectivity index (χ2n) is 17.3. The lowest BCUT2D eigenvalue weighted by Crippen LogP contribution is -2.64. The first kappa shape index (κ1) is 35.7. The highest BCUT2D eigenvalue weighted by Gasteiger charge is 2.75. The largest absolute Gasteiger partial charge is 0.394 e. The molecule has 2 saturated heterocycles. The van der Waals surface area contributed by atoms with Crippen LogP contribution in [0.1, 0.15) is 107 Å². The number of fused-ring (bicyclic) bond motifs is 3. The van der Waals surface area contributed by atoms with Gasteiger partial charge in [0.25, 0.3) is 0 Å². The van der Waals surface area contributed by atoms with Crippen LogP contribution in [0.15, 0.2) is 12.2 Å². The van der Waals surface area contributed by atoms with Crippen molar-refractivity contribution in [3.05, 3.63) is 12.2 Å². The quantitative estimate of drug-likeness (QED) is 0.228. The lowest BCUT2D eigenvalue weighted by Gasteiger charge is -2.63. The molecular weight excluding hydrogens is 576 g/mol. The van der Waals surface area contributed by atoms with Crippen molar-refractivity contribution in [3.8, 4) is 0 Å². The molecule has 0 amide bonds. The zero-order valence-corrected chi connectivity index (χ0v) is 29.1. The van der Waals surface area contributed by atoms with Crippen molar-refractivity contribution in [2.75, 3.05) is 6.61 Å². The van der Waals surface area contributed by atoms with Crippen LogP contribution in [0.5, 0.6) is 0 Å². The molecule has 9 nitrogen and oxygen atoms in total. The maximum absolute atomic E-state index is 12.0. The number of rotatable bonds is 7. The standard InChI is InChI=1S/C36H62O9/c1-20(11-10-15-31(3,4)42)22-14-16-33(7)21(2)36(18-17-34(22,33)8)24-12-13-25(32(5,6)35(24,9)45-30(36)41)44-29-28(40)27(39)26(38)23(19-37)43-29/h10,15,20-30,37-42H,11-14,16-19H2,1-9H3/b15-10+/t20-,21+,22-,23?,24-,25+,26-,27?,28?,29+,30?,33+,34-,35-,36+/m1/s1. The molecule has 15 atom stereocenters. The molecule has 0 radical (unpaired) electrons. The lowest BCUT2D eigenvalue weighted by molar-refractivity contribution is -0.332. The maximum atomic E-state index is 12.0. The smallest absolute Gasteiger partial charge is 0.186 e. The van der Waals surface area contributed by atoms with Gasteiger partial charge in [0.15, 0.2) is 12.6 Å². The summed E-state index contributed by atoms with van der Waals surface area (Å²) in [7, 11) is 0. The Morgan fingerprint density at radius 2 is 1.58 bits per heavy atom. The lowest BCUT2D eigenvalue weighted by atomic mass is 9.40. The number of hydrogen-bond donors (Lipinski definition) is 6. The molecule has 0 aromatic carbocycles. The summed E-state index contributed by atoms with van der Waals surface area (Å²) < 4.78 is 18.9. The Labute approximate surface area is 270 Å². The second-order valence-corrected chi connectivity index (χ2v) is 17.3. The fourth-order valence-electron chi connectivity index (χ4n) is 11.2. The minimum atomic E-state index is -1.50. The molecule has 45 heavy (non-hydrogen) atoms. The highest BCUT2D eigenvalue weighted by atomic mass is 16.7. The number of ether oxygens (including phenoxy) is 3. The van der Waals surface area contributed by atoms with E-state index in [1.807, 2.05) is 19.9 Å². The van der Waals surface area contributed by atoms with Crippen molar-refractivity contribution >= 4 is 0 Å². The summed E-state index contributed by atoms with van der Waals surface area (Å²) in [6, 6.07) is 0. The molecule has 6 N–H and O–H groups in total. The monoisotopic (exact) mass is 638 g/mol. The van der Waals surface area contributed by atoms with Gasteiger partial charge >= 0.3 is 0 Å². The van der Waals surface area contributed by atoms with Gasteiger partial charge in [0, 0.05) is 10.8 Å². The normalized spacial score (nSPS) is 52.2. The highest BCUT2D eigenvalue weighted by Crippen LogP contribution is 2.76. The van der Waals surface area contributed by atoms with Crippen LogP contribution >= 0.6 is 0 Å². The molecule has 0 aromatic rings. The molecule has 9 heteroatoms. The first-order chi connectivity index (χ1) is 20.7. The van der Waals surface area contributed by atoms with E-state index in [4.69, 9.17) is 14.2 Å². The molecule has 5 fully saturated rings. The van der Waals surface area contributed by atoms with E-state index in [0.717, 1.165) is 38.5 Å². The summed E-state index contributed by atoms with van der Waals surface area (Å²) in [5.41, 5.74) is -2.40. The Bertz CT molecular complexity index is 1100. The minimum absolute atomic E-state index is 0.0214. The van der Waals surface area contributed by atoms with Crippen molar-refractivity contribution in [1.82, 2.24) is 0 Å². The Hall–Kier alpha value is -0.620. The summed E-state index contributed by atoms with van der Waals surface area (Å²) in [4.78, 5) is 0. The Morgan fingerprint density at radius 1 is 0.911 bits per heavy atom. The summed E-state index contributed by atoms with van der Waals surface area (Å²) in [5.74, 6) is 1.35. The summed E-state index contributed by atoms with van der Waals surface area (Å²) in [6.07, 6.45) is 2.61. The molecule has 5 rings (SSSR count). The Kier molecular flexibility index (Phi) is 9.33. The molecule has 0 bridgehead atoms. The number of aliphatic hydroxyl groups is 6. The Balaban J connectivity index is 1.38. The topological polar surface area (TPSA) is 149 Å². The van der Waals surface area contributed by atoms with Crippen molar-refractivity contribution in [2.45, 2.75) is 162 Å². The van der Waals surface area contributed by atoms with Gasteiger partial charge in [-0.15, -0.1) is 0 Å². The van der Waals surface area contributed by atoms with Crippen LogP contribution in [-0.2, 0) is 14.2 Å². The van der Waals surface area contributed by atoms with Gasteiger partial charge in [-0.1, -0.05) is 53.7 Å². The van der Waals surface area contributed by atoms with Gasteiger partial charge in [-0.3, -0.25) is 0 Å². The van der Waals surface area contributed by atoms with Gasteiger partial charge in [0.05, 0.1) is 23.9 Å². The molecule has 2 aliphatic heterocycles. The van der Waals surface area contributed by atoms with Crippen LogP contribution in [0.3, 0.4) is 0 Å². The Morgan fingerprint density at radius 3 is 2.20 bits per heavy atom. The van der Waals surface area contributed by atoms with E-state index < -0.39 is 71.7 Å². The van der Waals surface area contributed by atoms with E-state index in [2.05, 4.69) is 54.5 Å². The molecule has 260 valence electrons. The SMILES string of the molecule is C[C@H](C/C=C/C(C)(C)O)[C@H]1CC[C@@]2(C)[C@H](C)[C@]3(CC[C@]12C)C(O)O[C@]1(C)[C@H]3CC[C@H](O[C@@H]2OC(CO)[C@@H](O)C(O)C2O)C1(C)C. The van der Waals surface area contributed by atoms with Crippen LogP contribution in [0, 0.1) is 45.3 Å². The van der Waals surface area contributed by atoms with Gasteiger partial charge in [-0.25, -0.2) is 0 Å². The van der Waals surface area contributed by atoms with E-state index >= 15 is 0 Å². The van der Waals surface area contributed by atoms with Crippen molar-refractivity contribution in [3.63, 3.8) is 0 Å². The molecule has 5 aliphatic rings. The molecule has 3 aliphatic carbocycles. The van der Waals surface area contributed by atoms with Crippen molar-refractivity contribution in [1.29, 1.82) is 0 Å². The number of allylic oxidation sites excluding steroid dienone is 1. The van der Waals surface area contributed by atoms with Gasteiger partial charge < -0.3 is 44.8 Å². The molecular formula is C36H62O9. The van der Waals surface area contributed by atoms with Gasteiger partial charge in [-0.05, 0) is 100 Å². The summed E-state index contributed by atoms with van der Waals surface area (Å²) in [6.45, 7) is 19.1. The highest BCUT2D eigenvalue weighted by molar-refractivity contribution is 5.22. The van der Waals surface area contributed by atoms with Crippen LogP contribution in [-0.4, -0.2) is 91.5 Å². The molecule has 4 unspecified atom stereocenters. The minimum Gasteiger partial charge on any atom is -0.394 e. The van der Waals surface area contributed by atoms with E-state index in [1.54, 1.807) is 0 Å². The summed E-state index contributed by atoms with van der Waals surface area (Å²) >= 11 is 0. The predicted molar refractivity (Wildman–Crippen MR) is 170 cm³/mol. The predicted octanol–water partition coefficient (Wildman–Crippen LogP) is 3.91. The molecule has 0 aromatic heterocycles. The van der Waals surface area contributed by atoms with E-state index in [-0.39, 0.29) is 22.7 Å². The van der Waals surface area contributed by atoms with Crippen LogP contribution < -0.4 is 0 Å². The first-order valence-corrected chi connectivity index (χ1v) is 17.4. The van der Waals surface area contributed by atoms with Crippen LogP contribution in [0.4, 0.5) is 0 Å². The van der Waals surface area contributed by atoms with E-state index in [1.165, 1.54) is 0 Å². The third kappa shape index (κ3) is 5.21. The van der Waals surface area contributed by atoms with Gasteiger partial charge in [0.1, 0.15) is 24.4 Å².